The van der Waals surface area contributed by atoms with Gasteiger partial charge in [0.15, 0.2) is 0 Å². The van der Waals surface area contributed by atoms with E-state index in [0.717, 1.165) is 34.4 Å². The summed E-state index contributed by atoms with van der Waals surface area (Å²) in [6, 6.07) is 23.1. The number of carbonyl (C=O) groups excluding carboxylic acids is 2. The van der Waals surface area contributed by atoms with Crippen LogP contribution in [0.25, 0.3) is 20.9 Å². The summed E-state index contributed by atoms with van der Waals surface area (Å²) >= 11 is 0. The van der Waals surface area contributed by atoms with E-state index in [1.165, 1.54) is 24.3 Å². The first-order valence-electron chi connectivity index (χ1n) is 14.3. The Hall–Kier alpha value is -5.54. The molecule has 4 aromatic carbocycles. The number of allylic oxidation sites excluding steroid dienone is 2. The van der Waals surface area contributed by atoms with Gasteiger partial charge in [-0.1, -0.05) is 60.7 Å². The first-order chi connectivity index (χ1) is 22.7. The van der Waals surface area contributed by atoms with E-state index >= 15 is 0 Å². The van der Waals surface area contributed by atoms with Crippen LogP contribution >= 0.6 is 0 Å². The average molecular weight is 683 g/mol. The summed E-state index contributed by atoms with van der Waals surface area (Å²) in [4.78, 5) is 25.1. The van der Waals surface area contributed by atoms with Crippen LogP contribution in [0.1, 0.15) is 43.0 Å². The molecule has 4 N–H and O–H groups in total. The summed E-state index contributed by atoms with van der Waals surface area (Å²) in [5, 5.41) is 8.30. The summed E-state index contributed by atoms with van der Waals surface area (Å²) in [6.07, 6.45) is 2.07. The minimum atomic E-state index is -4.62. The highest BCUT2D eigenvalue weighted by Gasteiger charge is 2.31. The van der Waals surface area contributed by atoms with Crippen molar-refractivity contribution in [3.05, 3.63) is 130 Å². The summed E-state index contributed by atoms with van der Waals surface area (Å²) in [7, 11) is -9.24. The number of Topliss-reactive ketones (excluding diaryl/α,β-unsaturated/α-hetero) is 2. The molecule has 0 heterocycles. The zero-order valence-electron chi connectivity index (χ0n) is 25.3. The van der Waals surface area contributed by atoms with Crippen LogP contribution in [0.2, 0.25) is 0 Å². The van der Waals surface area contributed by atoms with Crippen LogP contribution in [0, 0.1) is 13.8 Å². The van der Waals surface area contributed by atoms with Gasteiger partial charge in [0, 0.05) is 22.3 Å². The number of aryl methyl sites for hydroxylation is 2. The molecule has 2 aliphatic rings. The maximum absolute atomic E-state index is 13.0. The van der Waals surface area contributed by atoms with Crippen molar-refractivity contribution in [1.29, 1.82) is 0 Å². The number of nitrogens with one attached hydrogen (secondary N) is 2. The molecular formula is C34H26N4O8S2. The molecule has 0 amide bonds. The summed E-state index contributed by atoms with van der Waals surface area (Å²) in [6.45, 7) is 3.66. The van der Waals surface area contributed by atoms with E-state index in [9.17, 15) is 35.5 Å². The lowest BCUT2D eigenvalue weighted by Gasteiger charge is -2.16. The summed E-state index contributed by atoms with van der Waals surface area (Å²) < 4.78 is 67.5. The second kappa shape index (κ2) is 12.2. The number of carbonyl (C=O) groups is 2. The normalized spacial score (nSPS) is 16.2. The lowest BCUT2D eigenvalue weighted by atomic mass is 9.95. The smallest absolute Gasteiger partial charge is 0.287 e. The maximum Gasteiger partial charge on any atom is 0.295 e. The Bertz CT molecular complexity index is 2240. The molecule has 0 atom stereocenters. The van der Waals surface area contributed by atoms with Crippen molar-refractivity contribution >= 4 is 64.4 Å². The molecule has 6 rings (SSSR count). The first kappa shape index (κ1) is 32.4. The van der Waals surface area contributed by atoms with E-state index < -0.39 is 41.6 Å². The molecule has 4 aromatic rings. The number of hydrazone groups is 2. The van der Waals surface area contributed by atoms with Gasteiger partial charge in [-0.2, -0.15) is 27.0 Å². The molecule has 48 heavy (non-hydrogen) atoms. The van der Waals surface area contributed by atoms with Crippen molar-refractivity contribution in [3.63, 3.8) is 0 Å². The van der Waals surface area contributed by atoms with Crippen molar-refractivity contribution in [2.75, 3.05) is 10.9 Å². The van der Waals surface area contributed by atoms with Crippen LogP contribution in [0.4, 0.5) is 11.4 Å². The minimum absolute atomic E-state index is 0.102. The Morgan fingerprint density at radius 1 is 0.542 bits per heavy atom. The summed E-state index contributed by atoms with van der Waals surface area (Å²) in [5.41, 5.74) is 10.0. The summed E-state index contributed by atoms with van der Waals surface area (Å²) in [5.74, 6) is -0.997. The highest BCUT2D eigenvalue weighted by Crippen LogP contribution is 2.32. The molecule has 0 aromatic heterocycles. The second-order valence-electron chi connectivity index (χ2n) is 11.0. The highest BCUT2D eigenvalue weighted by molar-refractivity contribution is 7.95. The number of anilines is 2. The molecule has 14 heteroatoms. The van der Waals surface area contributed by atoms with Crippen LogP contribution in [0.15, 0.2) is 107 Å². The Labute approximate surface area is 275 Å². The van der Waals surface area contributed by atoms with E-state index in [4.69, 9.17) is 0 Å². The van der Waals surface area contributed by atoms with Gasteiger partial charge in [-0.05, 0) is 72.5 Å². The fourth-order valence-corrected chi connectivity index (χ4v) is 6.81. The molecule has 0 saturated heterocycles. The van der Waals surface area contributed by atoms with Gasteiger partial charge in [-0.15, -0.1) is 0 Å². The van der Waals surface area contributed by atoms with Gasteiger partial charge in [-0.25, -0.2) is 0 Å². The van der Waals surface area contributed by atoms with Crippen LogP contribution < -0.4 is 10.9 Å². The number of hydrogen-bond acceptors (Lipinski definition) is 10. The van der Waals surface area contributed by atoms with Crippen molar-refractivity contribution in [2.24, 2.45) is 10.2 Å². The molecule has 242 valence electrons. The lowest BCUT2D eigenvalue weighted by Crippen LogP contribution is -2.22. The zero-order chi connectivity index (χ0) is 34.4. The Kier molecular flexibility index (Phi) is 8.26. The van der Waals surface area contributed by atoms with Crippen LogP contribution in [0.5, 0.6) is 0 Å². The van der Waals surface area contributed by atoms with E-state index in [-0.39, 0.29) is 33.7 Å². The fraction of sp³-hybridized carbons (Fsp3) is 0.0588. The highest BCUT2D eigenvalue weighted by atomic mass is 32.2. The van der Waals surface area contributed by atoms with E-state index in [0.29, 0.717) is 11.4 Å². The number of benzene rings is 4. The van der Waals surface area contributed by atoms with E-state index in [2.05, 4.69) is 21.1 Å². The first-order valence-corrected chi connectivity index (χ1v) is 17.2. The number of fused-ring (bicyclic) bond motifs is 2. The third-order valence-corrected chi connectivity index (χ3v) is 9.60. The second-order valence-corrected chi connectivity index (χ2v) is 13.8. The molecule has 0 bridgehead atoms. The van der Waals surface area contributed by atoms with Crippen LogP contribution in [-0.2, 0) is 20.2 Å². The quantitative estimate of drug-likeness (QED) is 0.138. The monoisotopic (exact) mass is 682 g/mol. The topological polar surface area (TPSA) is 192 Å². The Morgan fingerprint density at radius 2 is 0.896 bits per heavy atom. The zero-order valence-corrected chi connectivity index (χ0v) is 26.9. The van der Waals surface area contributed by atoms with Gasteiger partial charge in [0.2, 0.25) is 11.6 Å². The third kappa shape index (κ3) is 6.24. The minimum Gasteiger partial charge on any atom is -0.287 e. The molecule has 2 aliphatic carbocycles. The maximum atomic E-state index is 13.0. The van der Waals surface area contributed by atoms with Crippen molar-refractivity contribution in [2.45, 2.75) is 13.8 Å². The molecule has 0 radical (unpaired) electrons. The van der Waals surface area contributed by atoms with Crippen LogP contribution in [-0.4, -0.2) is 48.9 Å². The van der Waals surface area contributed by atoms with Gasteiger partial charge >= 0.3 is 0 Å². The van der Waals surface area contributed by atoms with Gasteiger partial charge in [0.05, 0.1) is 11.4 Å². The van der Waals surface area contributed by atoms with Crippen molar-refractivity contribution in [3.8, 4) is 11.1 Å². The van der Waals surface area contributed by atoms with Crippen molar-refractivity contribution < 1.29 is 35.5 Å². The molecule has 0 fully saturated rings. The number of ketones is 2. The predicted molar refractivity (Wildman–Crippen MR) is 184 cm³/mol. The van der Waals surface area contributed by atoms with E-state index in [1.807, 2.05) is 38.1 Å². The number of nitrogens with zero attached hydrogens (tertiary/aromatic N) is 2. The van der Waals surface area contributed by atoms with Crippen molar-refractivity contribution in [1.82, 2.24) is 0 Å². The Balaban J connectivity index is 1.22. The van der Waals surface area contributed by atoms with Gasteiger partial charge < -0.3 is 0 Å². The molecule has 0 saturated carbocycles. The molecule has 12 nitrogen and oxygen atoms in total. The lowest BCUT2D eigenvalue weighted by molar-refractivity contribution is 0.105. The fourth-order valence-electron chi connectivity index (χ4n) is 5.37. The molecule has 0 spiro atoms. The molecular weight excluding hydrogens is 657 g/mol. The molecule has 0 aliphatic heterocycles. The van der Waals surface area contributed by atoms with Crippen LogP contribution in [0.3, 0.4) is 0 Å². The Morgan fingerprint density at radius 3 is 1.23 bits per heavy atom. The third-order valence-electron chi connectivity index (χ3n) is 7.81. The van der Waals surface area contributed by atoms with Gasteiger partial charge in [0.25, 0.3) is 20.2 Å². The van der Waals surface area contributed by atoms with Gasteiger partial charge in [0.1, 0.15) is 21.2 Å². The molecule has 0 unspecified atom stereocenters. The SMILES string of the molecule is Cc1cc(-c2ccc(N/N=C3\C=C(S(=O)(=O)O)c4ccccc4C3=O)c(C)c2)ccc1N/N=C1\C=C(S(=O)(=O)O)c2ccccc2C1=O. The average Bonchev–Trinajstić information content (AvgIpc) is 3.04. The largest absolute Gasteiger partial charge is 0.295 e. The standard InChI is InChI=1S/C34H26N4O8S2/c1-19-15-21(11-13-27(19)35-37-29-17-31(47(41,42)43)23-7-3-5-9-25(23)33(29)39)22-12-14-28(20(2)16-22)36-38-30-18-32(48(44,45)46)24-8-4-6-10-26(24)34(30)40/h3-18,35-36H,1-2H3,(H,41,42,43)(H,44,45,46)/b37-29+,38-30+. The number of hydrogen-bond donors (Lipinski definition) is 4. The number of rotatable bonds is 7. The predicted octanol–water partition coefficient (Wildman–Crippen LogP) is 5.76. The van der Waals surface area contributed by atoms with Gasteiger partial charge in [-0.3, -0.25) is 29.5 Å². The van der Waals surface area contributed by atoms with E-state index in [1.54, 1.807) is 36.4 Å².